The summed E-state index contributed by atoms with van der Waals surface area (Å²) in [6, 6.07) is 4.53. The van der Waals surface area contributed by atoms with Crippen LogP contribution in [0, 0.1) is 0 Å². The smallest absolute Gasteiger partial charge is 0.281 e. The van der Waals surface area contributed by atoms with Crippen LogP contribution < -0.4 is 10.5 Å². The van der Waals surface area contributed by atoms with Gasteiger partial charge in [0.15, 0.2) is 4.60 Å². The van der Waals surface area contributed by atoms with Crippen molar-refractivity contribution in [1.82, 2.24) is 15.0 Å². The molecule has 112 valence electrons. The number of hydrogen-bond donors (Lipinski definition) is 2. The Bertz CT molecular complexity index is 801. The molecule has 0 aliphatic carbocycles. The average Bonchev–Trinajstić information content (AvgIpc) is 2.68. The van der Waals surface area contributed by atoms with Crippen molar-refractivity contribution in [2.24, 2.45) is 12.8 Å². The Balaban J connectivity index is 2.51. The molecule has 0 radical (unpaired) electrons. The molecule has 7 nitrogen and oxygen atoms in total. The fourth-order valence-electron chi connectivity index (χ4n) is 1.62. The maximum atomic E-state index is 12.4. The minimum Gasteiger partial charge on any atom is -0.389 e. The first-order valence-corrected chi connectivity index (χ1v) is 8.46. The quantitative estimate of drug-likeness (QED) is 0.743. The highest BCUT2D eigenvalue weighted by molar-refractivity contribution is 9.10. The Morgan fingerprint density at radius 3 is 2.71 bits per heavy atom. The third-order valence-corrected chi connectivity index (χ3v) is 5.19. The molecule has 0 spiro atoms. The first-order chi connectivity index (χ1) is 9.72. The number of nitrogens with two attached hydrogens (primary N) is 1. The van der Waals surface area contributed by atoms with E-state index >= 15 is 0 Å². The number of aryl methyl sites for hydroxylation is 1. The van der Waals surface area contributed by atoms with Crippen LogP contribution in [-0.4, -0.2) is 28.4 Å². The van der Waals surface area contributed by atoms with E-state index in [4.69, 9.17) is 29.6 Å². The molecule has 0 aliphatic heterocycles. The third kappa shape index (κ3) is 3.34. The molecule has 0 saturated heterocycles. The maximum absolute atomic E-state index is 12.4. The van der Waals surface area contributed by atoms with E-state index in [1.54, 1.807) is 12.1 Å². The minimum absolute atomic E-state index is 0.0477. The van der Waals surface area contributed by atoms with E-state index in [9.17, 15) is 8.42 Å². The Labute approximate surface area is 139 Å². The number of rotatable bonds is 4. The van der Waals surface area contributed by atoms with E-state index in [0.29, 0.717) is 10.6 Å². The second kappa shape index (κ2) is 5.87. The topological polar surface area (TPSA) is 103 Å². The molecule has 0 aliphatic rings. The molecule has 0 fully saturated rings. The first kappa shape index (κ1) is 16.1. The molecule has 0 amide bonds. The summed E-state index contributed by atoms with van der Waals surface area (Å²) in [6.07, 6.45) is 0. The van der Waals surface area contributed by atoms with Crippen molar-refractivity contribution < 1.29 is 8.42 Å². The summed E-state index contributed by atoms with van der Waals surface area (Å²) in [7, 11) is -2.48. The van der Waals surface area contributed by atoms with Crippen molar-refractivity contribution in [3.05, 3.63) is 33.4 Å². The van der Waals surface area contributed by atoms with Crippen LogP contribution in [0.25, 0.3) is 0 Å². The number of hydrogen-bond acceptors (Lipinski definition) is 5. The van der Waals surface area contributed by atoms with Crippen LogP contribution in [-0.2, 0) is 17.1 Å². The normalized spacial score (nSPS) is 11.4. The lowest BCUT2D eigenvalue weighted by atomic mass is 10.2. The summed E-state index contributed by atoms with van der Waals surface area (Å²) >= 11 is 13.8. The van der Waals surface area contributed by atoms with Gasteiger partial charge >= 0.3 is 0 Å². The summed E-state index contributed by atoms with van der Waals surface area (Å²) in [5.74, 6) is 0. The number of nitrogens with zero attached hydrogens (tertiary/aromatic N) is 3. The van der Waals surface area contributed by atoms with E-state index in [0.717, 1.165) is 4.68 Å². The summed E-state index contributed by atoms with van der Waals surface area (Å²) in [5.41, 5.74) is 6.12. The Kier molecular flexibility index (Phi) is 4.51. The molecule has 0 atom stereocenters. The number of sulfonamides is 1. The van der Waals surface area contributed by atoms with Gasteiger partial charge in [-0.2, -0.15) is 8.42 Å². The summed E-state index contributed by atoms with van der Waals surface area (Å²) < 4.78 is 28.4. The van der Waals surface area contributed by atoms with Gasteiger partial charge in [0.2, 0.25) is 5.03 Å². The van der Waals surface area contributed by atoms with Crippen LogP contribution in [0.1, 0.15) is 5.56 Å². The monoisotopic (exact) mass is 409 g/mol. The number of nitrogens with one attached hydrogen (secondary N) is 1. The molecule has 0 unspecified atom stereocenters. The van der Waals surface area contributed by atoms with Crippen molar-refractivity contribution in [3.63, 3.8) is 0 Å². The minimum atomic E-state index is -3.94. The average molecular weight is 411 g/mol. The standard InChI is InChI=1S/C10H9BrClN5O2S2/c1-17-10(8(11)14-16-17)21(18,19)15-7-4-5(12)2-3-6(7)9(13)20/h2-4,15H,1H3,(H2,13,20). The van der Waals surface area contributed by atoms with Gasteiger partial charge in [-0.25, -0.2) is 4.68 Å². The Hall–Kier alpha value is -1.23. The summed E-state index contributed by atoms with van der Waals surface area (Å²) in [6.45, 7) is 0. The zero-order valence-electron chi connectivity index (χ0n) is 10.5. The van der Waals surface area contributed by atoms with Gasteiger partial charge in [0.25, 0.3) is 10.0 Å². The molecule has 0 saturated carbocycles. The molecule has 1 heterocycles. The molecule has 11 heteroatoms. The molecule has 21 heavy (non-hydrogen) atoms. The zero-order valence-corrected chi connectivity index (χ0v) is 14.5. The molecule has 1 aromatic carbocycles. The number of benzene rings is 1. The van der Waals surface area contributed by atoms with Crippen LogP contribution in [0.4, 0.5) is 5.69 Å². The molecule has 2 aromatic rings. The molecule has 3 N–H and O–H groups in total. The van der Waals surface area contributed by atoms with E-state index < -0.39 is 10.0 Å². The van der Waals surface area contributed by atoms with Crippen molar-refractivity contribution in [2.45, 2.75) is 5.03 Å². The lowest BCUT2D eigenvalue weighted by molar-refractivity contribution is 0.578. The van der Waals surface area contributed by atoms with Gasteiger partial charge in [0.05, 0.1) is 5.69 Å². The summed E-state index contributed by atoms with van der Waals surface area (Å²) in [5, 5.41) is 7.47. The Morgan fingerprint density at radius 1 is 1.52 bits per heavy atom. The van der Waals surface area contributed by atoms with Crippen LogP contribution in [0.3, 0.4) is 0 Å². The number of halogens is 2. The molecule has 0 bridgehead atoms. The van der Waals surface area contributed by atoms with Gasteiger partial charge in [-0.05, 0) is 34.1 Å². The van der Waals surface area contributed by atoms with Crippen LogP contribution >= 0.6 is 39.7 Å². The highest BCUT2D eigenvalue weighted by Crippen LogP contribution is 2.26. The Morgan fingerprint density at radius 2 is 2.19 bits per heavy atom. The molecule has 1 aromatic heterocycles. The van der Waals surface area contributed by atoms with Crippen molar-refractivity contribution in [3.8, 4) is 0 Å². The van der Waals surface area contributed by atoms with Gasteiger partial charge in [0, 0.05) is 17.6 Å². The first-order valence-electron chi connectivity index (χ1n) is 5.39. The van der Waals surface area contributed by atoms with E-state index in [1.165, 1.54) is 13.1 Å². The largest absolute Gasteiger partial charge is 0.389 e. The predicted molar refractivity (Wildman–Crippen MR) is 86.9 cm³/mol. The molecule has 2 rings (SSSR count). The van der Waals surface area contributed by atoms with Crippen LogP contribution in [0.5, 0.6) is 0 Å². The van der Waals surface area contributed by atoms with Crippen molar-refractivity contribution in [2.75, 3.05) is 4.72 Å². The molecular weight excluding hydrogens is 402 g/mol. The van der Waals surface area contributed by atoms with E-state index in [2.05, 4.69) is 31.0 Å². The lowest BCUT2D eigenvalue weighted by Crippen LogP contribution is -2.20. The molecular formula is C10H9BrClN5O2S2. The number of aromatic nitrogens is 3. The van der Waals surface area contributed by atoms with Gasteiger partial charge in [-0.15, -0.1) is 5.10 Å². The fraction of sp³-hybridized carbons (Fsp3) is 0.100. The van der Waals surface area contributed by atoms with Crippen LogP contribution in [0.2, 0.25) is 5.02 Å². The lowest BCUT2D eigenvalue weighted by Gasteiger charge is -2.12. The van der Waals surface area contributed by atoms with E-state index in [-0.39, 0.29) is 20.3 Å². The highest BCUT2D eigenvalue weighted by Gasteiger charge is 2.25. The second-order valence-electron chi connectivity index (χ2n) is 3.97. The number of thiocarbonyl (C=S) groups is 1. The van der Waals surface area contributed by atoms with Gasteiger partial charge < -0.3 is 5.73 Å². The van der Waals surface area contributed by atoms with Crippen molar-refractivity contribution >= 4 is 60.4 Å². The fourth-order valence-corrected chi connectivity index (χ4v) is 4.14. The van der Waals surface area contributed by atoms with Crippen molar-refractivity contribution in [1.29, 1.82) is 0 Å². The highest BCUT2D eigenvalue weighted by atomic mass is 79.9. The second-order valence-corrected chi connectivity index (χ2v) is 7.19. The van der Waals surface area contributed by atoms with E-state index in [1.807, 2.05) is 0 Å². The van der Waals surface area contributed by atoms with Gasteiger partial charge in [-0.3, -0.25) is 4.72 Å². The summed E-state index contributed by atoms with van der Waals surface area (Å²) in [4.78, 5) is 0.0477. The van der Waals surface area contributed by atoms with Crippen LogP contribution in [0.15, 0.2) is 27.8 Å². The SMILES string of the molecule is Cn1nnc(Br)c1S(=O)(=O)Nc1cc(Cl)ccc1C(N)=S. The maximum Gasteiger partial charge on any atom is 0.281 e. The van der Waals surface area contributed by atoms with Gasteiger partial charge in [0.1, 0.15) is 4.99 Å². The third-order valence-electron chi connectivity index (χ3n) is 2.48. The zero-order chi connectivity index (χ0) is 15.8. The number of anilines is 1. The van der Waals surface area contributed by atoms with Gasteiger partial charge in [-0.1, -0.05) is 29.0 Å². The predicted octanol–water partition coefficient (Wildman–Crippen LogP) is 1.67.